The summed E-state index contributed by atoms with van der Waals surface area (Å²) in [4.78, 5) is 29.1. The van der Waals surface area contributed by atoms with Crippen molar-refractivity contribution in [3.8, 4) is 0 Å². The molecule has 2 amide bonds. The molecule has 0 radical (unpaired) electrons. The van der Waals surface area contributed by atoms with E-state index in [4.69, 9.17) is 4.74 Å². The highest BCUT2D eigenvalue weighted by Crippen LogP contribution is 2.25. The molecule has 2 fully saturated rings. The van der Waals surface area contributed by atoms with Gasteiger partial charge in [-0.05, 0) is 48.3 Å². The van der Waals surface area contributed by atoms with Crippen molar-refractivity contribution in [2.45, 2.75) is 31.7 Å². The van der Waals surface area contributed by atoms with Crippen LogP contribution in [0.3, 0.4) is 0 Å². The second-order valence-corrected chi connectivity index (χ2v) is 8.22. The van der Waals surface area contributed by atoms with Crippen molar-refractivity contribution >= 4 is 23.2 Å². The van der Waals surface area contributed by atoms with Gasteiger partial charge in [-0.15, -0.1) is 0 Å². The molecule has 0 spiro atoms. The van der Waals surface area contributed by atoms with Crippen LogP contribution >= 0.6 is 11.3 Å². The predicted octanol–water partition coefficient (Wildman–Crippen LogP) is 1.23. The Morgan fingerprint density at radius 3 is 2.43 bits per heavy atom. The average molecular weight is 409 g/mol. The lowest BCUT2D eigenvalue weighted by atomic mass is 10.1. The van der Waals surface area contributed by atoms with Crippen LogP contribution in [0.4, 0.5) is 0 Å². The maximum absolute atomic E-state index is 12.3. The maximum Gasteiger partial charge on any atom is 0.309 e. The number of carbonyl (C=O) groups is 2. The van der Waals surface area contributed by atoms with Gasteiger partial charge in [-0.2, -0.15) is 11.3 Å². The van der Waals surface area contributed by atoms with Gasteiger partial charge in [0.15, 0.2) is 0 Å². The number of ether oxygens (including phenoxy) is 1. The minimum Gasteiger partial charge on any atom is -0.379 e. The first-order valence-corrected chi connectivity index (χ1v) is 11.3. The van der Waals surface area contributed by atoms with Gasteiger partial charge in [-0.25, -0.2) is 0 Å². The van der Waals surface area contributed by atoms with E-state index in [1.165, 1.54) is 31.2 Å². The molecule has 8 heteroatoms. The minimum atomic E-state index is -0.548. The van der Waals surface area contributed by atoms with Crippen LogP contribution in [0.1, 0.15) is 37.3 Å². The Labute approximate surface area is 171 Å². The monoisotopic (exact) mass is 408 g/mol. The number of morpholine rings is 1. The first kappa shape index (κ1) is 21.2. The molecule has 3 rings (SSSR count). The van der Waals surface area contributed by atoms with E-state index in [2.05, 4.69) is 37.3 Å². The Hall–Kier alpha value is -1.48. The van der Waals surface area contributed by atoms with E-state index in [-0.39, 0.29) is 6.04 Å². The number of thiophene rings is 1. The van der Waals surface area contributed by atoms with Gasteiger partial charge >= 0.3 is 11.8 Å². The van der Waals surface area contributed by atoms with Crippen molar-refractivity contribution in [3.63, 3.8) is 0 Å². The number of hydrogen-bond donors (Lipinski definition) is 2. The Kier molecular flexibility index (Phi) is 8.72. The molecule has 0 aromatic carbocycles. The Bertz CT molecular complexity index is 597. The molecule has 2 aliphatic heterocycles. The second-order valence-electron chi connectivity index (χ2n) is 7.44. The van der Waals surface area contributed by atoms with Crippen LogP contribution < -0.4 is 10.6 Å². The quantitative estimate of drug-likeness (QED) is 0.664. The summed E-state index contributed by atoms with van der Waals surface area (Å²) in [6.45, 7) is 6.99. The zero-order valence-corrected chi connectivity index (χ0v) is 17.3. The van der Waals surface area contributed by atoms with Crippen LogP contribution in [0.15, 0.2) is 16.8 Å². The first-order valence-electron chi connectivity index (χ1n) is 10.4. The van der Waals surface area contributed by atoms with Crippen molar-refractivity contribution < 1.29 is 14.3 Å². The topological polar surface area (TPSA) is 73.9 Å². The van der Waals surface area contributed by atoms with Gasteiger partial charge < -0.3 is 15.4 Å². The lowest BCUT2D eigenvalue weighted by Crippen LogP contribution is -2.46. The molecular formula is C20H32N4O3S. The summed E-state index contributed by atoms with van der Waals surface area (Å²) in [6, 6.07) is 2.25. The molecule has 2 N–H and O–H groups in total. The zero-order valence-electron chi connectivity index (χ0n) is 16.5. The van der Waals surface area contributed by atoms with Crippen LogP contribution in [0, 0.1) is 0 Å². The van der Waals surface area contributed by atoms with Crippen molar-refractivity contribution in [3.05, 3.63) is 22.4 Å². The maximum atomic E-state index is 12.3. The lowest BCUT2D eigenvalue weighted by molar-refractivity contribution is -0.139. The number of rotatable bonds is 7. The minimum absolute atomic E-state index is 0.134. The molecule has 28 heavy (non-hydrogen) atoms. The Morgan fingerprint density at radius 1 is 1.04 bits per heavy atom. The fourth-order valence-corrected chi connectivity index (χ4v) is 4.54. The molecule has 1 aromatic heterocycles. The highest BCUT2D eigenvalue weighted by Gasteiger charge is 2.24. The zero-order chi connectivity index (χ0) is 19.6. The van der Waals surface area contributed by atoms with Gasteiger partial charge in [0.2, 0.25) is 0 Å². The number of likely N-dealkylation sites (tertiary alicyclic amines) is 1. The number of nitrogens with one attached hydrogen (secondary N) is 2. The molecule has 0 aliphatic carbocycles. The molecule has 0 saturated carbocycles. The fraction of sp³-hybridized carbons (Fsp3) is 0.700. The van der Waals surface area contributed by atoms with Gasteiger partial charge in [0.25, 0.3) is 0 Å². The van der Waals surface area contributed by atoms with Crippen molar-refractivity contribution in [2.24, 2.45) is 0 Å². The normalized spacial score (nSPS) is 20.3. The number of amides is 2. The molecule has 0 unspecified atom stereocenters. The highest BCUT2D eigenvalue weighted by molar-refractivity contribution is 7.07. The van der Waals surface area contributed by atoms with E-state index in [0.29, 0.717) is 13.1 Å². The third-order valence-corrected chi connectivity index (χ3v) is 6.19. The van der Waals surface area contributed by atoms with E-state index in [1.807, 2.05) is 0 Å². The van der Waals surface area contributed by atoms with Gasteiger partial charge in [0.1, 0.15) is 0 Å². The van der Waals surface area contributed by atoms with Gasteiger partial charge in [-0.1, -0.05) is 12.8 Å². The van der Waals surface area contributed by atoms with E-state index in [9.17, 15) is 9.59 Å². The van der Waals surface area contributed by atoms with E-state index in [0.717, 1.165) is 45.9 Å². The summed E-state index contributed by atoms with van der Waals surface area (Å²) < 4.78 is 5.31. The summed E-state index contributed by atoms with van der Waals surface area (Å²) in [5.41, 5.74) is 1.22. The largest absolute Gasteiger partial charge is 0.379 e. The first-order chi connectivity index (χ1) is 13.7. The van der Waals surface area contributed by atoms with Crippen LogP contribution in [0.5, 0.6) is 0 Å². The lowest BCUT2D eigenvalue weighted by Gasteiger charge is -2.30. The van der Waals surface area contributed by atoms with Gasteiger partial charge in [-0.3, -0.25) is 19.4 Å². The fourth-order valence-electron chi connectivity index (χ4n) is 3.83. The number of hydrogen-bond acceptors (Lipinski definition) is 6. The van der Waals surface area contributed by atoms with Crippen LogP contribution in [0.2, 0.25) is 0 Å². The van der Waals surface area contributed by atoms with Crippen LogP contribution in [0.25, 0.3) is 0 Å². The Morgan fingerprint density at radius 2 is 1.75 bits per heavy atom. The molecule has 2 aliphatic rings. The van der Waals surface area contributed by atoms with E-state index in [1.54, 1.807) is 11.3 Å². The molecule has 156 valence electrons. The van der Waals surface area contributed by atoms with Crippen molar-refractivity contribution in [2.75, 3.05) is 59.0 Å². The number of carbonyl (C=O) groups excluding carboxylic acids is 2. The molecule has 7 nitrogen and oxygen atoms in total. The van der Waals surface area contributed by atoms with Crippen LogP contribution in [-0.4, -0.2) is 80.6 Å². The van der Waals surface area contributed by atoms with E-state index < -0.39 is 11.8 Å². The van der Waals surface area contributed by atoms with E-state index >= 15 is 0 Å². The molecule has 3 heterocycles. The summed E-state index contributed by atoms with van der Waals surface area (Å²) >= 11 is 1.67. The SMILES string of the molecule is O=C(NCCN1CCOCC1)C(=O)NC[C@H](c1ccsc1)N1CCCCCC1. The van der Waals surface area contributed by atoms with Crippen molar-refractivity contribution in [1.29, 1.82) is 0 Å². The smallest absolute Gasteiger partial charge is 0.309 e. The van der Waals surface area contributed by atoms with Gasteiger partial charge in [0, 0.05) is 32.7 Å². The predicted molar refractivity (Wildman–Crippen MR) is 110 cm³/mol. The summed E-state index contributed by atoms with van der Waals surface area (Å²) in [5, 5.41) is 9.80. The standard InChI is InChI=1S/C20H32N4O3S/c25-19(21-6-9-23-10-12-27-13-11-23)20(26)22-15-18(17-5-14-28-16-17)24-7-3-1-2-4-8-24/h5,14,16,18H,1-4,6-13,15H2,(H,21,25)(H,22,26)/t18-/m1/s1. The summed E-state index contributed by atoms with van der Waals surface area (Å²) in [6.07, 6.45) is 4.92. The highest BCUT2D eigenvalue weighted by atomic mass is 32.1. The third-order valence-electron chi connectivity index (χ3n) is 5.49. The molecule has 1 aromatic rings. The van der Waals surface area contributed by atoms with Crippen LogP contribution in [-0.2, 0) is 14.3 Å². The molecule has 2 saturated heterocycles. The van der Waals surface area contributed by atoms with Gasteiger partial charge in [0.05, 0.1) is 19.3 Å². The average Bonchev–Trinajstić information content (AvgIpc) is 3.11. The second kappa shape index (κ2) is 11.5. The summed E-state index contributed by atoms with van der Waals surface area (Å²) in [5.74, 6) is -1.09. The molecule has 0 bridgehead atoms. The number of nitrogens with zero attached hydrogens (tertiary/aromatic N) is 2. The Balaban J connectivity index is 1.45. The van der Waals surface area contributed by atoms with Crippen molar-refractivity contribution in [1.82, 2.24) is 20.4 Å². The third kappa shape index (κ3) is 6.55. The molecule has 1 atom stereocenters. The molecular weight excluding hydrogens is 376 g/mol. The summed E-state index contributed by atoms with van der Waals surface area (Å²) in [7, 11) is 0.